The number of hydrogen-bond acceptors (Lipinski definition) is 0. The Bertz CT molecular complexity index is 1600. The third-order valence-electron chi connectivity index (χ3n) is 5.86. The van der Waals surface area contributed by atoms with Crippen LogP contribution in [0.4, 0.5) is 0 Å². The zero-order chi connectivity index (χ0) is 18.7. The average molecular weight is 352 g/mol. The Morgan fingerprint density at radius 3 is 1.64 bits per heavy atom. The monoisotopic (exact) mass is 352 g/mol. The molecule has 128 valence electrons. The molecule has 0 saturated heterocycles. The molecular weight excluding hydrogens is 336 g/mol. The van der Waals surface area contributed by atoms with E-state index in [1.165, 1.54) is 53.9 Å². The maximum atomic E-state index is 5.71. The molecule has 0 heteroatoms. The fourth-order valence-electron chi connectivity index (χ4n) is 4.55. The van der Waals surface area contributed by atoms with Gasteiger partial charge in [0, 0.05) is 5.56 Å². The molecule has 0 saturated carbocycles. The molecule has 6 rings (SSSR count). The number of hydrogen-bond donors (Lipinski definition) is 0. The van der Waals surface area contributed by atoms with Gasteiger partial charge in [0.1, 0.15) is 0 Å². The van der Waals surface area contributed by atoms with E-state index >= 15 is 0 Å². The van der Waals surface area contributed by atoms with Crippen molar-refractivity contribution >= 4 is 53.9 Å². The van der Waals surface area contributed by atoms with Crippen LogP contribution < -0.4 is 0 Å². The largest absolute Gasteiger partial charge is 0.115 e. The van der Waals surface area contributed by atoms with E-state index in [4.69, 9.17) is 6.42 Å². The Morgan fingerprint density at radius 2 is 0.964 bits per heavy atom. The minimum atomic E-state index is 0.919. The molecule has 0 unspecified atom stereocenters. The predicted molar refractivity (Wildman–Crippen MR) is 122 cm³/mol. The summed E-state index contributed by atoms with van der Waals surface area (Å²) in [6.45, 7) is 0. The van der Waals surface area contributed by atoms with E-state index in [-0.39, 0.29) is 0 Å². The minimum Gasteiger partial charge on any atom is -0.115 e. The van der Waals surface area contributed by atoms with Gasteiger partial charge in [-0.2, -0.15) is 0 Å². The molecule has 0 aromatic heterocycles. The molecule has 28 heavy (non-hydrogen) atoms. The van der Waals surface area contributed by atoms with Gasteiger partial charge in [-0.1, -0.05) is 84.8 Å². The first kappa shape index (κ1) is 15.3. The van der Waals surface area contributed by atoms with E-state index in [1.807, 2.05) is 6.07 Å². The lowest BCUT2D eigenvalue weighted by Gasteiger charge is -2.13. The molecule has 0 amide bonds. The maximum Gasteiger partial charge on any atom is 0.0249 e. The highest BCUT2D eigenvalue weighted by Gasteiger charge is 2.11. The van der Waals surface area contributed by atoms with Crippen molar-refractivity contribution in [2.24, 2.45) is 0 Å². The lowest BCUT2D eigenvalue weighted by molar-refractivity contribution is 1.73. The molecule has 6 aromatic rings. The first-order valence-corrected chi connectivity index (χ1v) is 9.50. The first-order valence-electron chi connectivity index (χ1n) is 9.50. The second kappa shape index (κ2) is 5.59. The SMILES string of the molecule is C#Cc1ccc2ccc3ccc4ccc5ccc6ccccc6c5c4c3c2c1. The lowest BCUT2D eigenvalue weighted by Crippen LogP contribution is -1.86. The van der Waals surface area contributed by atoms with Gasteiger partial charge < -0.3 is 0 Å². The normalized spacial score (nSPS) is 11.5. The van der Waals surface area contributed by atoms with Crippen LogP contribution in [0.1, 0.15) is 5.56 Å². The van der Waals surface area contributed by atoms with E-state index in [2.05, 4.69) is 90.8 Å². The Morgan fingerprint density at radius 1 is 0.464 bits per heavy atom. The van der Waals surface area contributed by atoms with Crippen molar-refractivity contribution in [2.45, 2.75) is 0 Å². The van der Waals surface area contributed by atoms with E-state index in [0.29, 0.717) is 0 Å². The minimum absolute atomic E-state index is 0.919. The van der Waals surface area contributed by atoms with E-state index in [9.17, 15) is 0 Å². The van der Waals surface area contributed by atoms with Crippen LogP contribution in [0.15, 0.2) is 91.0 Å². The second-order valence-electron chi connectivity index (χ2n) is 7.36. The molecule has 0 fully saturated rings. The predicted octanol–water partition coefficient (Wildman–Crippen LogP) is 7.43. The van der Waals surface area contributed by atoms with E-state index in [0.717, 1.165) is 5.56 Å². The van der Waals surface area contributed by atoms with E-state index < -0.39 is 0 Å². The van der Waals surface area contributed by atoms with Crippen LogP contribution in [0.2, 0.25) is 0 Å². The molecule has 0 aliphatic heterocycles. The third kappa shape index (κ3) is 2.02. The van der Waals surface area contributed by atoms with Crippen molar-refractivity contribution in [3.05, 3.63) is 96.6 Å². The molecule has 0 aliphatic rings. The smallest absolute Gasteiger partial charge is 0.0249 e. The number of benzene rings is 6. The molecular formula is C28H16. The van der Waals surface area contributed by atoms with Crippen molar-refractivity contribution in [2.75, 3.05) is 0 Å². The van der Waals surface area contributed by atoms with Crippen molar-refractivity contribution < 1.29 is 0 Å². The summed E-state index contributed by atoms with van der Waals surface area (Å²) >= 11 is 0. The molecule has 0 heterocycles. The van der Waals surface area contributed by atoms with Crippen LogP contribution in [-0.4, -0.2) is 0 Å². The highest BCUT2D eigenvalue weighted by molar-refractivity contribution is 6.32. The topological polar surface area (TPSA) is 0 Å². The molecule has 0 spiro atoms. The summed E-state index contributed by atoms with van der Waals surface area (Å²) in [6.07, 6.45) is 5.71. The fourth-order valence-corrected chi connectivity index (χ4v) is 4.55. The molecule has 0 bridgehead atoms. The highest BCUT2D eigenvalue weighted by atomic mass is 14.1. The quantitative estimate of drug-likeness (QED) is 0.197. The summed E-state index contributed by atoms with van der Waals surface area (Å²) < 4.78 is 0. The molecule has 0 nitrogen and oxygen atoms in total. The number of terminal acetylenes is 1. The average Bonchev–Trinajstić information content (AvgIpc) is 2.77. The molecule has 0 aliphatic carbocycles. The Labute approximate surface area is 163 Å². The van der Waals surface area contributed by atoms with Crippen LogP contribution in [0, 0.1) is 12.3 Å². The molecule has 0 radical (unpaired) electrons. The first-order chi connectivity index (χ1) is 13.8. The van der Waals surface area contributed by atoms with Gasteiger partial charge in [0.05, 0.1) is 0 Å². The zero-order valence-electron chi connectivity index (χ0n) is 15.2. The zero-order valence-corrected chi connectivity index (χ0v) is 15.2. The van der Waals surface area contributed by atoms with Crippen molar-refractivity contribution in [1.29, 1.82) is 0 Å². The van der Waals surface area contributed by atoms with Crippen molar-refractivity contribution in [1.82, 2.24) is 0 Å². The fraction of sp³-hybridized carbons (Fsp3) is 0. The number of fused-ring (bicyclic) bond motifs is 9. The summed E-state index contributed by atoms with van der Waals surface area (Å²) in [5, 5.41) is 12.7. The van der Waals surface area contributed by atoms with Gasteiger partial charge in [-0.3, -0.25) is 0 Å². The summed E-state index contributed by atoms with van der Waals surface area (Å²) in [6, 6.07) is 32.7. The molecule has 0 N–H and O–H groups in total. The number of rotatable bonds is 0. The summed E-state index contributed by atoms with van der Waals surface area (Å²) in [5.41, 5.74) is 0.919. The van der Waals surface area contributed by atoms with Gasteiger partial charge in [-0.05, 0) is 66.0 Å². The summed E-state index contributed by atoms with van der Waals surface area (Å²) in [4.78, 5) is 0. The summed E-state index contributed by atoms with van der Waals surface area (Å²) in [7, 11) is 0. The molecule has 0 atom stereocenters. The van der Waals surface area contributed by atoms with Crippen LogP contribution in [0.3, 0.4) is 0 Å². The van der Waals surface area contributed by atoms with Gasteiger partial charge in [-0.25, -0.2) is 0 Å². The van der Waals surface area contributed by atoms with Gasteiger partial charge in [0.15, 0.2) is 0 Å². The molecule has 6 aromatic carbocycles. The standard InChI is InChI=1S/C28H16/c1-2-18-7-8-20-10-12-22-14-16-23-15-13-21-11-9-19-5-3-4-6-24(19)26(21)28(23)27(22)25(20)17-18/h1,3-17H. The van der Waals surface area contributed by atoms with Crippen LogP contribution in [0.5, 0.6) is 0 Å². The third-order valence-corrected chi connectivity index (χ3v) is 5.86. The van der Waals surface area contributed by atoms with Crippen LogP contribution >= 0.6 is 0 Å². The van der Waals surface area contributed by atoms with Gasteiger partial charge >= 0.3 is 0 Å². The summed E-state index contributed by atoms with van der Waals surface area (Å²) in [5.74, 6) is 2.80. The Hall–Kier alpha value is -3.82. The van der Waals surface area contributed by atoms with Gasteiger partial charge in [-0.15, -0.1) is 6.42 Å². The second-order valence-corrected chi connectivity index (χ2v) is 7.36. The highest BCUT2D eigenvalue weighted by Crippen LogP contribution is 2.39. The van der Waals surface area contributed by atoms with Crippen molar-refractivity contribution in [3.63, 3.8) is 0 Å². The van der Waals surface area contributed by atoms with Crippen molar-refractivity contribution in [3.8, 4) is 12.3 Å². The lowest BCUT2D eigenvalue weighted by atomic mass is 9.90. The van der Waals surface area contributed by atoms with E-state index in [1.54, 1.807) is 0 Å². The maximum absolute atomic E-state index is 5.71. The van der Waals surface area contributed by atoms with Crippen LogP contribution in [0.25, 0.3) is 53.9 Å². The van der Waals surface area contributed by atoms with Gasteiger partial charge in [0.25, 0.3) is 0 Å². The van der Waals surface area contributed by atoms with Gasteiger partial charge in [0.2, 0.25) is 0 Å². The Kier molecular flexibility index (Phi) is 3.04. The van der Waals surface area contributed by atoms with Crippen LogP contribution in [-0.2, 0) is 0 Å². The Balaban J connectivity index is 2.00.